The van der Waals surface area contributed by atoms with Gasteiger partial charge in [-0.3, -0.25) is 0 Å². The smallest absolute Gasteiger partial charge is 0.104 e. The Morgan fingerprint density at radius 1 is 1.29 bits per heavy atom. The number of rotatable bonds is 5. The fourth-order valence-corrected chi connectivity index (χ4v) is 2.07. The fraction of sp³-hybridized carbons (Fsp3) is 0.600. The first-order valence-electron chi connectivity index (χ1n) is 6.55. The average Bonchev–Trinajstić information content (AvgIpc) is 3.10. The summed E-state index contributed by atoms with van der Waals surface area (Å²) in [5.74, 6) is 0.205. The van der Waals surface area contributed by atoms with Crippen LogP contribution in [0.15, 0.2) is 24.3 Å². The Morgan fingerprint density at radius 2 is 1.88 bits per heavy atom. The summed E-state index contributed by atoms with van der Waals surface area (Å²) in [5, 5.41) is 14.3. The van der Waals surface area contributed by atoms with E-state index in [4.69, 9.17) is 0 Å². The molecule has 2 nitrogen and oxygen atoms in total. The largest absolute Gasteiger partial charge is 0.384 e. The molecule has 1 atom stereocenters. The maximum atomic E-state index is 10.9. The van der Waals surface area contributed by atoms with Gasteiger partial charge in [0.25, 0.3) is 0 Å². The molecule has 2 N–H and O–H groups in total. The molecule has 2 rings (SSSR count). The van der Waals surface area contributed by atoms with Gasteiger partial charge in [-0.15, -0.1) is 0 Å². The molecule has 0 saturated heterocycles. The molecule has 0 amide bonds. The van der Waals surface area contributed by atoms with E-state index < -0.39 is 5.60 Å². The molecule has 94 valence electrons. The van der Waals surface area contributed by atoms with Gasteiger partial charge in [-0.2, -0.15) is 0 Å². The van der Waals surface area contributed by atoms with Gasteiger partial charge in [0, 0.05) is 12.6 Å². The molecule has 0 aliphatic heterocycles. The molecule has 2 heteroatoms. The number of benzene rings is 1. The molecule has 1 aromatic carbocycles. The summed E-state index contributed by atoms with van der Waals surface area (Å²) in [7, 11) is 0. The Hall–Kier alpha value is -0.860. The van der Waals surface area contributed by atoms with E-state index in [1.54, 1.807) is 0 Å². The SMILES string of the molecule is Cc1ccc(C(O)(CNC2CC2)C(C)C)cc1. The first kappa shape index (κ1) is 12.6. The lowest BCUT2D eigenvalue weighted by atomic mass is 9.83. The third-order valence-electron chi connectivity index (χ3n) is 3.74. The molecule has 1 saturated carbocycles. The molecular formula is C15H23NO. The normalized spacial score (nSPS) is 19.4. The predicted molar refractivity (Wildman–Crippen MR) is 70.9 cm³/mol. The van der Waals surface area contributed by atoms with Gasteiger partial charge in [-0.25, -0.2) is 0 Å². The van der Waals surface area contributed by atoms with Crippen LogP contribution in [-0.4, -0.2) is 17.7 Å². The van der Waals surface area contributed by atoms with Crippen molar-refractivity contribution in [2.45, 2.75) is 45.3 Å². The molecule has 0 heterocycles. The summed E-state index contributed by atoms with van der Waals surface area (Å²) in [4.78, 5) is 0. The van der Waals surface area contributed by atoms with Crippen LogP contribution >= 0.6 is 0 Å². The molecule has 1 fully saturated rings. The van der Waals surface area contributed by atoms with Crippen molar-refractivity contribution in [1.29, 1.82) is 0 Å². The van der Waals surface area contributed by atoms with Crippen molar-refractivity contribution in [3.63, 3.8) is 0 Å². The summed E-state index contributed by atoms with van der Waals surface area (Å²) in [6.07, 6.45) is 2.50. The van der Waals surface area contributed by atoms with E-state index in [0.29, 0.717) is 12.6 Å². The van der Waals surface area contributed by atoms with Gasteiger partial charge in [0.05, 0.1) is 0 Å². The molecule has 0 spiro atoms. The minimum atomic E-state index is -0.754. The third kappa shape index (κ3) is 2.88. The van der Waals surface area contributed by atoms with Crippen molar-refractivity contribution >= 4 is 0 Å². The average molecular weight is 233 g/mol. The Bertz CT molecular complexity index is 367. The highest BCUT2D eigenvalue weighted by Crippen LogP contribution is 2.30. The van der Waals surface area contributed by atoms with Crippen molar-refractivity contribution < 1.29 is 5.11 Å². The van der Waals surface area contributed by atoms with Crippen LogP contribution in [0.2, 0.25) is 0 Å². The standard InChI is InChI=1S/C15H23NO/c1-11(2)15(17,10-16-14-8-9-14)13-6-4-12(3)5-7-13/h4-7,11,14,16-17H,8-10H2,1-3H3. The van der Waals surface area contributed by atoms with Gasteiger partial charge in [0.2, 0.25) is 0 Å². The molecule has 17 heavy (non-hydrogen) atoms. The highest BCUT2D eigenvalue weighted by molar-refractivity contribution is 5.27. The van der Waals surface area contributed by atoms with Crippen LogP contribution in [0, 0.1) is 12.8 Å². The van der Waals surface area contributed by atoms with Crippen molar-refractivity contribution in [2.75, 3.05) is 6.54 Å². The van der Waals surface area contributed by atoms with Crippen LogP contribution in [0.4, 0.5) is 0 Å². The quantitative estimate of drug-likeness (QED) is 0.819. The molecule has 0 radical (unpaired) electrons. The van der Waals surface area contributed by atoms with Crippen LogP contribution in [0.3, 0.4) is 0 Å². The van der Waals surface area contributed by atoms with Gasteiger partial charge in [-0.05, 0) is 31.2 Å². The van der Waals surface area contributed by atoms with Crippen LogP contribution < -0.4 is 5.32 Å². The molecular weight excluding hydrogens is 210 g/mol. The van der Waals surface area contributed by atoms with E-state index in [2.05, 4.69) is 38.2 Å². The minimum Gasteiger partial charge on any atom is -0.384 e. The first-order chi connectivity index (χ1) is 8.02. The second-order valence-electron chi connectivity index (χ2n) is 5.60. The predicted octanol–water partition coefficient (Wildman–Crippen LogP) is 2.59. The lowest BCUT2D eigenvalue weighted by Gasteiger charge is -2.33. The maximum absolute atomic E-state index is 10.9. The van der Waals surface area contributed by atoms with E-state index in [1.165, 1.54) is 18.4 Å². The lowest BCUT2D eigenvalue weighted by Crippen LogP contribution is -2.43. The maximum Gasteiger partial charge on any atom is 0.104 e. The van der Waals surface area contributed by atoms with Crippen LogP contribution in [0.5, 0.6) is 0 Å². The Balaban J connectivity index is 2.16. The van der Waals surface area contributed by atoms with Crippen molar-refractivity contribution in [1.82, 2.24) is 5.32 Å². The molecule has 1 unspecified atom stereocenters. The zero-order chi connectivity index (χ0) is 12.5. The second-order valence-corrected chi connectivity index (χ2v) is 5.60. The number of hydrogen-bond donors (Lipinski definition) is 2. The fourth-order valence-electron chi connectivity index (χ4n) is 2.07. The molecule has 0 aromatic heterocycles. The third-order valence-corrected chi connectivity index (χ3v) is 3.74. The summed E-state index contributed by atoms with van der Waals surface area (Å²) >= 11 is 0. The van der Waals surface area contributed by atoms with Gasteiger partial charge in [-0.1, -0.05) is 43.7 Å². The zero-order valence-electron chi connectivity index (χ0n) is 11.0. The van der Waals surface area contributed by atoms with Crippen molar-refractivity contribution in [3.05, 3.63) is 35.4 Å². The Labute approximate surface area is 104 Å². The van der Waals surface area contributed by atoms with Gasteiger partial charge in [0.1, 0.15) is 5.60 Å². The molecule has 0 bridgehead atoms. The summed E-state index contributed by atoms with van der Waals surface area (Å²) < 4.78 is 0. The molecule has 1 aliphatic carbocycles. The van der Waals surface area contributed by atoms with Crippen molar-refractivity contribution in [3.8, 4) is 0 Å². The number of nitrogens with one attached hydrogen (secondary N) is 1. The number of aryl methyl sites for hydroxylation is 1. The van der Waals surface area contributed by atoms with Crippen LogP contribution in [0.1, 0.15) is 37.8 Å². The van der Waals surface area contributed by atoms with E-state index in [0.717, 1.165) is 5.56 Å². The highest BCUT2D eigenvalue weighted by Gasteiger charge is 2.34. The van der Waals surface area contributed by atoms with E-state index >= 15 is 0 Å². The van der Waals surface area contributed by atoms with Crippen molar-refractivity contribution in [2.24, 2.45) is 5.92 Å². The summed E-state index contributed by atoms with van der Waals surface area (Å²) in [6, 6.07) is 8.86. The van der Waals surface area contributed by atoms with Crippen LogP contribution in [-0.2, 0) is 5.60 Å². The second kappa shape index (κ2) is 4.79. The summed E-state index contributed by atoms with van der Waals surface area (Å²) in [6.45, 7) is 6.88. The number of aliphatic hydroxyl groups is 1. The summed E-state index contributed by atoms with van der Waals surface area (Å²) in [5.41, 5.74) is 1.50. The highest BCUT2D eigenvalue weighted by atomic mass is 16.3. The topological polar surface area (TPSA) is 32.3 Å². The number of hydrogen-bond acceptors (Lipinski definition) is 2. The Morgan fingerprint density at radius 3 is 2.35 bits per heavy atom. The van der Waals surface area contributed by atoms with Gasteiger partial charge in [0.15, 0.2) is 0 Å². The zero-order valence-corrected chi connectivity index (χ0v) is 11.0. The van der Waals surface area contributed by atoms with Crippen LogP contribution in [0.25, 0.3) is 0 Å². The monoisotopic (exact) mass is 233 g/mol. The first-order valence-corrected chi connectivity index (χ1v) is 6.55. The van der Waals surface area contributed by atoms with E-state index in [9.17, 15) is 5.11 Å². The minimum absolute atomic E-state index is 0.205. The molecule has 1 aromatic rings. The van der Waals surface area contributed by atoms with E-state index in [-0.39, 0.29) is 5.92 Å². The van der Waals surface area contributed by atoms with E-state index in [1.807, 2.05) is 12.1 Å². The van der Waals surface area contributed by atoms with Gasteiger partial charge < -0.3 is 10.4 Å². The Kier molecular flexibility index (Phi) is 3.55. The van der Waals surface area contributed by atoms with Gasteiger partial charge >= 0.3 is 0 Å². The molecule has 1 aliphatic rings. The lowest BCUT2D eigenvalue weighted by molar-refractivity contribution is -0.00954.